The van der Waals surface area contributed by atoms with E-state index in [2.05, 4.69) is 22.0 Å². The third-order valence-electron chi connectivity index (χ3n) is 4.83. The van der Waals surface area contributed by atoms with Crippen LogP contribution in [0.1, 0.15) is 32.1 Å². The van der Waals surface area contributed by atoms with Crippen LogP contribution >= 0.6 is 0 Å². The first-order valence-corrected chi connectivity index (χ1v) is 9.13. The molecule has 25 heavy (non-hydrogen) atoms. The molecule has 0 spiro atoms. The summed E-state index contributed by atoms with van der Waals surface area (Å²) in [7, 11) is 0. The topological polar surface area (TPSA) is 45.7 Å². The highest BCUT2D eigenvalue weighted by Gasteiger charge is 2.23. The predicted molar refractivity (Wildman–Crippen MR) is 95.0 cm³/mol. The van der Waals surface area contributed by atoms with Gasteiger partial charge in [0.1, 0.15) is 18.2 Å². The Bertz CT molecular complexity index is 583. The highest BCUT2D eigenvalue weighted by molar-refractivity contribution is 5.77. The van der Waals surface area contributed by atoms with Crippen molar-refractivity contribution in [2.45, 2.75) is 38.2 Å². The molecule has 3 rings (SSSR count). The minimum Gasteiger partial charge on any atom is -0.368 e. The molecule has 1 aliphatic carbocycles. The minimum absolute atomic E-state index is 0.0596. The van der Waals surface area contributed by atoms with E-state index in [1.165, 1.54) is 12.3 Å². The molecule has 2 aliphatic rings. The van der Waals surface area contributed by atoms with Crippen LogP contribution in [0.3, 0.4) is 0 Å². The number of carbonyl (C=O) groups excluding carboxylic acids is 1. The van der Waals surface area contributed by atoms with Gasteiger partial charge in [0.2, 0.25) is 5.91 Å². The molecule has 1 amide bonds. The number of rotatable bonds is 4. The number of hydrogen-bond acceptors (Lipinski definition) is 4. The number of carbonyl (C=O) groups is 1. The first-order chi connectivity index (χ1) is 12.2. The molecule has 0 saturated carbocycles. The lowest BCUT2D eigenvalue weighted by molar-refractivity contribution is -0.138. The molecule has 6 heteroatoms. The molecule has 5 nitrogen and oxygen atoms in total. The van der Waals surface area contributed by atoms with Crippen molar-refractivity contribution in [1.29, 1.82) is 0 Å². The number of anilines is 1. The normalized spacial score (nSPS) is 23.0. The van der Waals surface area contributed by atoms with Gasteiger partial charge in [-0.1, -0.05) is 12.2 Å². The van der Waals surface area contributed by atoms with Gasteiger partial charge in [-0.3, -0.25) is 4.79 Å². The second-order valence-corrected chi connectivity index (χ2v) is 6.62. The summed E-state index contributed by atoms with van der Waals surface area (Å²) in [4.78, 5) is 20.4. The maximum atomic E-state index is 13.0. The van der Waals surface area contributed by atoms with E-state index in [1.54, 1.807) is 6.07 Å². The van der Waals surface area contributed by atoms with Crippen molar-refractivity contribution in [2.75, 3.05) is 37.7 Å². The molecular weight excluding hydrogens is 321 g/mol. The van der Waals surface area contributed by atoms with E-state index in [4.69, 9.17) is 4.74 Å². The number of halogens is 1. The molecule has 0 unspecified atom stereocenters. The number of nitrogens with zero attached hydrogens (tertiary/aromatic N) is 3. The Morgan fingerprint density at radius 1 is 1.16 bits per heavy atom. The number of aromatic nitrogens is 1. The smallest absolute Gasteiger partial charge is 0.248 e. The summed E-state index contributed by atoms with van der Waals surface area (Å²) in [6, 6.07) is 3.09. The summed E-state index contributed by atoms with van der Waals surface area (Å²) >= 11 is 0. The fourth-order valence-electron chi connectivity index (χ4n) is 3.31. The molecule has 2 heterocycles. The third-order valence-corrected chi connectivity index (χ3v) is 4.83. The van der Waals surface area contributed by atoms with Crippen LogP contribution in [0, 0.1) is 5.82 Å². The summed E-state index contributed by atoms with van der Waals surface area (Å²) < 4.78 is 18.8. The first-order valence-electron chi connectivity index (χ1n) is 9.13. The van der Waals surface area contributed by atoms with Gasteiger partial charge in [0.25, 0.3) is 0 Å². The van der Waals surface area contributed by atoms with E-state index in [9.17, 15) is 9.18 Å². The summed E-state index contributed by atoms with van der Waals surface area (Å²) in [5, 5.41) is 0. The highest BCUT2D eigenvalue weighted by Crippen LogP contribution is 2.17. The Hall–Kier alpha value is -1.95. The minimum atomic E-state index is -0.334. The largest absolute Gasteiger partial charge is 0.368 e. The van der Waals surface area contributed by atoms with Gasteiger partial charge in [-0.25, -0.2) is 9.37 Å². The van der Waals surface area contributed by atoms with Crippen LogP contribution in [-0.2, 0) is 9.53 Å². The van der Waals surface area contributed by atoms with E-state index >= 15 is 0 Å². The first kappa shape index (κ1) is 17.9. The lowest BCUT2D eigenvalue weighted by atomic mass is 10.0. The van der Waals surface area contributed by atoms with Crippen LogP contribution in [0.2, 0.25) is 0 Å². The monoisotopic (exact) mass is 347 g/mol. The molecule has 1 aromatic rings. The average molecular weight is 347 g/mol. The number of ether oxygens (including phenoxy) is 1. The van der Waals surface area contributed by atoms with Gasteiger partial charge in [-0.2, -0.15) is 0 Å². The molecule has 1 aromatic heterocycles. The SMILES string of the molecule is O=C(CO[C@@H]1CC/C=C\CCC1)N1CCN(c2ccc(F)cn2)CC1. The number of amides is 1. The molecule has 1 atom stereocenters. The molecule has 0 bridgehead atoms. The van der Waals surface area contributed by atoms with Crippen molar-refractivity contribution in [3.8, 4) is 0 Å². The van der Waals surface area contributed by atoms with Crippen LogP contribution in [0.15, 0.2) is 30.5 Å². The molecule has 1 aliphatic heterocycles. The predicted octanol–water partition coefficient (Wildman–Crippen LogP) is 2.77. The summed E-state index contributed by atoms with van der Waals surface area (Å²) in [6.07, 6.45) is 11.1. The van der Waals surface area contributed by atoms with Crippen LogP contribution in [0.25, 0.3) is 0 Å². The molecule has 0 N–H and O–H groups in total. The second kappa shape index (κ2) is 8.94. The zero-order valence-corrected chi connectivity index (χ0v) is 14.6. The quantitative estimate of drug-likeness (QED) is 0.786. The fourth-order valence-corrected chi connectivity index (χ4v) is 3.31. The van der Waals surface area contributed by atoms with Crippen molar-refractivity contribution >= 4 is 11.7 Å². The van der Waals surface area contributed by atoms with Gasteiger partial charge >= 0.3 is 0 Å². The summed E-state index contributed by atoms with van der Waals surface area (Å²) in [5.74, 6) is 0.482. The Labute approximate surface area is 148 Å². The summed E-state index contributed by atoms with van der Waals surface area (Å²) in [5.41, 5.74) is 0. The number of pyridine rings is 1. The third kappa shape index (κ3) is 5.26. The molecule has 0 aromatic carbocycles. The lowest BCUT2D eigenvalue weighted by Gasteiger charge is -2.35. The van der Waals surface area contributed by atoms with Gasteiger partial charge < -0.3 is 14.5 Å². The van der Waals surface area contributed by atoms with Crippen LogP contribution in [0.5, 0.6) is 0 Å². The molecular formula is C19H26FN3O2. The van der Waals surface area contributed by atoms with Crippen LogP contribution < -0.4 is 4.90 Å². The Morgan fingerprint density at radius 2 is 1.96 bits per heavy atom. The Morgan fingerprint density at radius 3 is 2.72 bits per heavy atom. The van der Waals surface area contributed by atoms with Gasteiger partial charge in [-0.05, 0) is 44.2 Å². The highest BCUT2D eigenvalue weighted by atomic mass is 19.1. The Kier molecular flexibility index (Phi) is 6.39. The standard InChI is InChI=1S/C19H26FN3O2/c20-16-8-9-18(21-14-16)22-10-12-23(13-11-22)19(24)15-25-17-6-4-2-1-3-5-7-17/h1-2,8-9,14,17H,3-7,10-13,15H2/b2-1-/t17-/m1/s1. The van der Waals surface area contributed by atoms with Crippen molar-refractivity contribution in [3.63, 3.8) is 0 Å². The zero-order chi connectivity index (χ0) is 17.5. The number of piperazine rings is 1. The van der Waals surface area contributed by atoms with Crippen molar-refractivity contribution in [1.82, 2.24) is 9.88 Å². The van der Waals surface area contributed by atoms with Crippen LogP contribution in [0.4, 0.5) is 10.2 Å². The fraction of sp³-hybridized carbons (Fsp3) is 0.579. The van der Waals surface area contributed by atoms with Gasteiger partial charge in [0.05, 0.1) is 12.3 Å². The van der Waals surface area contributed by atoms with Gasteiger partial charge in [0, 0.05) is 26.2 Å². The van der Waals surface area contributed by atoms with E-state index in [-0.39, 0.29) is 24.4 Å². The van der Waals surface area contributed by atoms with Gasteiger partial charge in [0.15, 0.2) is 0 Å². The van der Waals surface area contributed by atoms with E-state index < -0.39 is 0 Å². The van der Waals surface area contributed by atoms with Crippen molar-refractivity contribution in [3.05, 3.63) is 36.3 Å². The molecule has 0 radical (unpaired) electrons. The molecule has 136 valence electrons. The lowest BCUT2D eigenvalue weighted by Crippen LogP contribution is -2.50. The van der Waals surface area contributed by atoms with Gasteiger partial charge in [-0.15, -0.1) is 0 Å². The van der Waals surface area contributed by atoms with E-state index in [1.807, 2.05) is 4.90 Å². The Balaban J connectivity index is 1.42. The number of hydrogen-bond donors (Lipinski definition) is 0. The molecule has 1 fully saturated rings. The zero-order valence-electron chi connectivity index (χ0n) is 14.6. The van der Waals surface area contributed by atoms with Crippen LogP contribution in [-0.4, -0.2) is 54.7 Å². The summed E-state index contributed by atoms with van der Waals surface area (Å²) in [6.45, 7) is 2.88. The molecule has 1 saturated heterocycles. The van der Waals surface area contributed by atoms with Crippen molar-refractivity contribution in [2.24, 2.45) is 0 Å². The second-order valence-electron chi connectivity index (χ2n) is 6.62. The van der Waals surface area contributed by atoms with E-state index in [0.717, 1.165) is 37.9 Å². The maximum Gasteiger partial charge on any atom is 0.248 e. The van der Waals surface area contributed by atoms with E-state index in [0.29, 0.717) is 26.2 Å². The van der Waals surface area contributed by atoms with Crippen molar-refractivity contribution < 1.29 is 13.9 Å². The maximum absolute atomic E-state index is 13.0. The average Bonchev–Trinajstić information content (AvgIpc) is 2.61. The number of allylic oxidation sites excluding steroid dienone is 2.